The minimum atomic E-state index is -0.850. The normalized spacial score (nSPS) is 14.3. The third kappa shape index (κ3) is 4.56. The van der Waals surface area contributed by atoms with Gasteiger partial charge >= 0.3 is 5.69 Å². The number of benzene rings is 2. The summed E-state index contributed by atoms with van der Waals surface area (Å²) in [6.45, 7) is 1.86. The zero-order valence-corrected chi connectivity index (χ0v) is 18.4. The smallest absolute Gasteiger partial charge is 0.352 e. The number of carbonyl (C=O) groups excluding carboxylic acids is 1. The van der Waals surface area contributed by atoms with E-state index in [1.807, 2.05) is 7.05 Å². The van der Waals surface area contributed by atoms with Gasteiger partial charge in [0.25, 0.3) is 11.5 Å². The van der Waals surface area contributed by atoms with Crippen molar-refractivity contribution in [2.24, 2.45) is 0 Å². The molecular weight excluding hydrogens is 429 g/mol. The Labute approximate surface area is 189 Å². The van der Waals surface area contributed by atoms with E-state index in [1.165, 1.54) is 25.3 Å². The van der Waals surface area contributed by atoms with Crippen LogP contribution >= 0.6 is 0 Å². The fourth-order valence-corrected chi connectivity index (χ4v) is 3.64. The molecule has 0 bridgehead atoms. The lowest BCUT2D eigenvalue weighted by Gasteiger charge is -2.32. The third-order valence-corrected chi connectivity index (χ3v) is 5.66. The van der Waals surface area contributed by atoms with E-state index in [4.69, 9.17) is 4.74 Å². The van der Waals surface area contributed by atoms with Crippen molar-refractivity contribution >= 4 is 5.91 Å². The molecule has 9 nitrogen and oxygen atoms in total. The molecule has 0 aliphatic carbocycles. The van der Waals surface area contributed by atoms with Crippen LogP contribution in [0.1, 0.15) is 16.1 Å². The molecule has 2 aromatic carbocycles. The Morgan fingerprint density at radius 1 is 1.03 bits per heavy atom. The van der Waals surface area contributed by atoms with E-state index < -0.39 is 23.0 Å². The number of nitrogens with zero attached hydrogens (tertiary/aromatic N) is 5. The van der Waals surface area contributed by atoms with Gasteiger partial charge < -0.3 is 14.5 Å². The topological polar surface area (TPSA) is 89.7 Å². The van der Waals surface area contributed by atoms with Crippen molar-refractivity contribution in [2.75, 3.05) is 40.3 Å². The van der Waals surface area contributed by atoms with Gasteiger partial charge in [0.1, 0.15) is 11.6 Å². The van der Waals surface area contributed by atoms with E-state index >= 15 is 0 Å². The van der Waals surface area contributed by atoms with Crippen LogP contribution in [0, 0.1) is 5.82 Å². The average Bonchev–Trinajstić information content (AvgIpc) is 2.83. The summed E-state index contributed by atoms with van der Waals surface area (Å²) >= 11 is 0. The second-order valence-corrected chi connectivity index (χ2v) is 7.82. The number of amides is 1. The van der Waals surface area contributed by atoms with Crippen LogP contribution in [0.25, 0.3) is 5.69 Å². The van der Waals surface area contributed by atoms with Crippen molar-refractivity contribution in [3.63, 3.8) is 0 Å². The molecule has 10 heteroatoms. The minimum Gasteiger partial charge on any atom is -0.497 e. The number of halogens is 1. The maximum Gasteiger partial charge on any atom is 0.352 e. The van der Waals surface area contributed by atoms with Gasteiger partial charge in [-0.2, -0.15) is 9.78 Å². The van der Waals surface area contributed by atoms with Crippen LogP contribution in [-0.4, -0.2) is 70.4 Å². The lowest BCUT2D eigenvalue weighted by atomic mass is 10.2. The highest BCUT2D eigenvalue weighted by Gasteiger charge is 2.27. The Morgan fingerprint density at radius 2 is 1.70 bits per heavy atom. The zero-order valence-electron chi connectivity index (χ0n) is 18.4. The van der Waals surface area contributed by atoms with Crippen LogP contribution in [0.2, 0.25) is 0 Å². The Morgan fingerprint density at radius 3 is 2.33 bits per heavy atom. The second kappa shape index (κ2) is 9.37. The first-order valence-electron chi connectivity index (χ1n) is 10.5. The third-order valence-electron chi connectivity index (χ3n) is 5.66. The molecule has 172 valence electrons. The number of ether oxygens (including phenoxy) is 1. The lowest BCUT2D eigenvalue weighted by Crippen LogP contribution is -2.51. The van der Waals surface area contributed by atoms with Crippen LogP contribution in [-0.2, 0) is 6.54 Å². The number of piperazine rings is 1. The van der Waals surface area contributed by atoms with Crippen molar-refractivity contribution in [1.82, 2.24) is 24.1 Å². The number of carbonyl (C=O) groups is 1. The maximum atomic E-state index is 14.3. The summed E-state index contributed by atoms with van der Waals surface area (Å²) in [4.78, 5) is 43.3. The molecule has 1 fully saturated rings. The van der Waals surface area contributed by atoms with Gasteiger partial charge in [-0.3, -0.25) is 14.2 Å². The molecule has 0 N–H and O–H groups in total. The maximum absolute atomic E-state index is 14.3. The van der Waals surface area contributed by atoms with E-state index in [-0.39, 0.29) is 17.8 Å². The van der Waals surface area contributed by atoms with Gasteiger partial charge in [0, 0.05) is 31.7 Å². The molecule has 0 atom stereocenters. The summed E-state index contributed by atoms with van der Waals surface area (Å²) in [6, 6.07) is 12.3. The standard InChI is InChI=1S/C23H24FN5O4/c1-26-11-13-27(14-12-26)21(30)20-22(31)28(15-16-5-3-4-6-19(16)24)23(32)29(25-20)17-7-9-18(33-2)10-8-17/h3-10H,11-15H2,1-2H3. The van der Waals surface area contributed by atoms with Crippen molar-refractivity contribution in [3.8, 4) is 11.4 Å². The SMILES string of the molecule is COc1ccc(-n2nc(C(=O)N3CCN(C)CC3)c(=O)n(Cc3ccccc3F)c2=O)cc1. The summed E-state index contributed by atoms with van der Waals surface area (Å²) in [6.07, 6.45) is 0. The van der Waals surface area contributed by atoms with Gasteiger partial charge in [-0.15, -0.1) is 0 Å². The molecule has 0 saturated carbocycles. The second-order valence-electron chi connectivity index (χ2n) is 7.82. The first-order chi connectivity index (χ1) is 15.9. The van der Waals surface area contributed by atoms with E-state index in [0.29, 0.717) is 37.6 Å². The van der Waals surface area contributed by atoms with Crippen molar-refractivity contribution in [2.45, 2.75) is 6.54 Å². The molecule has 1 aliphatic rings. The van der Waals surface area contributed by atoms with Gasteiger partial charge in [-0.1, -0.05) is 18.2 Å². The van der Waals surface area contributed by atoms with Crippen molar-refractivity contribution in [3.05, 3.63) is 86.4 Å². The van der Waals surface area contributed by atoms with Gasteiger partial charge in [0.2, 0.25) is 5.69 Å². The molecule has 0 radical (unpaired) electrons. The predicted molar refractivity (Wildman–Crippen MR) is 120 cm³/mol. The fourth-order valence-electron chi connectivity index (χ4n) is 3.64. The molecule has 1 saturated heterocycles. The molecule has 0 spiro atoms. The molecule has 33 heavy (non-hydrogen) atoms. The monoisotopic (exact) mass is 453 g/mol. The summed E-state index contributed by atoms with van der Waals surface area (Å²) in [5.74, 6) is -0.540. The average molecular weight is 453 g/mol. The first-order valence-corrected chi connectivity index (χ1v) is 10.5. The van der Waals surface area contributed by atoms with Crippen LogP contribution < -0.4 is 16.0 Å². The Balaban J connectivity index is 1.84. The highest BCUT2D eigenvalue weighted by molar-refractivity contribution is 5.92. The number of aromatic nitrogens is 3. The number of methoxy groups -OCH3 is 1. The number of hydrogen-bond donors (Lipinski definition) is 0. The Bertz CT molecular complexity index is 1280. The lowest BCUT2D eigenvalue weighted by molar-refractivity contribution is 0.0652. The molecule has 2 heterocycles. The van der Waals surface area contributed by atoms with Crippen molar-refractivity contribution in [1.29, 1.82) is 0 Å². The van der Waals surface area contributed by atoms with Crippen LogP contribution in [0.4, 0.5) is 4.39 Å². The zero-order chi connectivity index (χ0) is 23.5. The number of hydrogen-bond acceptors (Lipinski definition) is 6. The Hall–Kier alpha value is -3.79. The summed E-state index contributed by atoms with van der Waals surface area (Å²) < 4.78 is 21.3. The Kier molecular flexibility index (Phi) is 6.36. The van der Waals surface area contributed by atoms with Crippen molar-refractivity contribution < 1.29 is 13.9 Å². The predicted octanol–water partition coefficient (Wildman–Crippen LogP) is 0.978. The largest absolute Gasteiger partial charge is 0.497 e. The van der Waals surface area contributed by atoms with Gasteiger partial charge in [-0.05, 0) is 37.4 Å². The fraction of sp³-hybridized carbons (Fsp3) is 0.304. The van der Waals surface area contributed by atoms with Gasteiger partial charge in [-0.25, -0.2) is 9.18 Å². The molecule has 0 unspecified atom stereocenters. The molecule has 1 aliphatic heterocycles. The summed E-state index contributed by atoms with van der Waals surface area (Å²) in [5.41, 5.74) is -1.51. The van der Waals surface area contributed by atoms with Gasteiger partial charge in [0.15, 0.2) is 0 Å². The number of likely N-dealkylation sites (N-methyl/N-ethyl adjacent to an activating group) is 1. The number of rotatable bonds is 5. The van der Waals surface area contributed by atoms with E-state index in [0.717, 1.165) is 9.25 Å². The highest BCUT2D eigenvalue weighted by atomic mass is 19.1. The molecular formula is C23H24FN5O4. The van der Waals surface area contributed by atoms with Gasteiger partial charge in [0.05, 0.1) is 19.3 Å². The van der Waals surface area contributed by atoms with E-state index in [2.05, 4.69) is 10.00 Å². The molecule has 1 amide bonds. The van der Waals surface area contributed by atoms with Crippen LogP contribution in [0.5, 0.6) is 5.75 Å². The molecule has 3 aromatic rings. The van der Waals surface area contributed by atoms with E-state index in [9.17, 15) is 18.8 Å². The van der Waals surface area contributed by atoms with E-state index in [1.54, 1.807) is 35.2 Å². The molecule has 4 rings (SSSR count). The first kappa shape index (κ1) is 22.4. The molecule has 1 aromatic heterocycles. The summed E-state index contributed by atoms with van der Waals surface area (Å²) in [5, 5.41) is 4.15. The highest BCUT2D eigenvalue weighted by Crippen LogP contribution is 2.13. The van der Waals surface area contributed by atoms with Crippen LogP contribution in [0.15, 0.2) is 58.1 Å². The minimum absolute atomic E-state index is 0.155. The summed E-state index contributed by atoms with van der Waals surface area (Å²) in [7, 11) is 3.46. The quantitative estimate of drug-likeness (QED) is 0.572. The van der Waals surface area contributed by atoms with Crippen LogP contribution in [0.3, 0.4) is 0 Å².